The van der Waals surface area contributed by atoms with E-state index in [-0.39, 0.29) is 18.0 Å². The minimum absolute atomic E-state index is 0.0568. The number of halogens is 1. The topological polar surface area (TPSA) is 59.2 Å². The van der Waals surface area contributed by atoms with Crippen LogP contribution in [0.4, 0.5) is 0 Å². The highest BCUT2D eigenvalue weighted by Crippen LogP contribution is 2.32. The SMILES string of the molecule is CN1C(=O)CCCC(N)C1c1ncc(Cl)s1. The molecule has 4 nitrogen and oxygen atoms in total. The number of aromatic nitrogens is 1. The molecule has 2 atom stereocenters. The van der Waals surface area contributed by atoms with Crippen molar-refractivity contribution >= 4 is 28.8 Å². The fourth-order valence-corrected chi connectivity index (χ4v) is 3.17. The predicted molar refractivity (Wildman–Crippen MR) is 64.5 cm³/mol. The average molecular weight is 260 g/mol. The zero-order valence-electron chi connectivity index (χ0n) is 9.02. The first-order chi connectivity index (χ1) is 7.59. The van der Waals surface area contributed by atoms with Crippen LogP contribution in [0.3, 0.4) is 0 Å². The number of carbonyl (C=O) groups excluding carboxylic acids is 1. The van der Waals surface area contributed by atoms with Crippen molar-refractivity contribution in [3.63, 3.8) is 0 Å². The van der Waals surface area contributed by atoms with Gasteiger partial charge in [0.2, 0.25) is 5.91 Å². The van der Waals surface area contributed by atoms with Crippen LogP contribution in [0.1, 0.15) is 30.3 Å². The number of likely N-dealkylation sites (N-methyl/N-ethyl adjacent to an activating group) is 1. The maximum absolute atomic E-state index is 11.8. The molecule has 6 heteroatoms. The van der Waals surface area contributed by atoms with Gasteiger partial charge in [0.1, 0.15) is 9.34 Å². The van der Waals surface area contributed by atoms with E-state index in [1.54, 1.807) is 18.1 Å². The van der Waals surface area contributed by atoms with E-state index in [4.69, 9.17) is 17.3 Å². The number of likely N-dealkylation sites (tertiary alicyclic amines) is 1. The average Bonchev–Trinajstić information content (AvgIpc) is 2.59. The number of hydrogen-bond donors (Lipinski definition) is 1. The van der Waals surface area contributed by atoms with Crippen LogP contribution in [0, 0.1) is 0 Å². The Hall–Kier alpha value is -0.650. The molecule has 2 N–H and O–H groups in total. The smallest absolute Gasteiger partial charge is 0.222 e. The molecule has 1 aliphatic rings. The molecule has 1 aromatic heterocycles. The number of carbonyl (C=O) groups is 1. The van der Waals surface area contributed by atoms with Crippen LogP contribution >= 0.6 is 22.9 Å². The molecule has 0 radical (unpaired) electrons. The Kier molecular flexibility index (Phi) is 3.47. The molecule has 0 aliphatic carbocycles. The normalized spacial score (nSPS) is 26.9. The zero-order chi connectivity index (χ0) is 11.7. The first-order valence-corrected chi connectivity index (χ1v) is 6.41. The quantitative estimate of drug-likeness (QED) is 0.837. The van der Waals surface area contributed by atoms with Crippen LogP contribution in [-0.4, -0.2) is 28.9 Å². The fourth-order valence-electron chi connectivity index (χ4n) is 2.02. The van der Waals surface area contributed by atoms with Crippen molar-refractivity contribution in [1.29, 1.82) is 0 Å². The molecule has 2 rings (SSSR count). The Bertz CT molecular complexity index is 395. The summed E-state index contributed by atoms with van der Waals surface area (Å²) in [5.41, 5.74) is 6.10. The van der Waals surface area contributed by atoms with Crippen molar-refractivity contribution in [3.8, 4) is 0 Å². The van der Waals surface area contributed by atoms with Gasteiger partial charge in [-0.15, -0.1) is 11.3 Å². The molecule has 2 heterocycles. The summed E-state index contributed by atoms with van der Waals surface area (Å²) in [6.07, 6.45) is 3.87. The standard InChI is InChI=1S/C10H14ClN3OS/c1-14-8(15)4-2-3-6(12)9(14)10-13-5-7(11)16-10/h5-6,9H,2-4,12H2,1H3. The molecular weight excluding hydrogens is 246 g/mol. The number of hydrogen-bond acceptors (Lipinski definition) is 4. The van der Waals surface area contributed by atoms with Gasteiger partial charge in [0.05, 0.1) is 12.2 Å². The number of amides is 1. The summed E-state index contributed by atoms with van der Waals surface area (Å²) in [5, 5.41) is 0.829. The maximum Gasteiger partial charge on any atom is 0.222 e. The van der Waals surface area contributed by atoms with E-state index < -0.39 is 0 Å². The summed E-state index contributed by atoms with van der Waals surface area (Å²) >= 11 is 7.26. The second kappa shape index (κ2) is 4.69. The van der Waals surface area contributed by atoms with Crippen LogP contribution in [0.25, 0.3) is 0 Å². The highest BCUT2D eigenvalue weighted by Gasteiger charge is 2.32. The third kappa shape index (κ3) is 2.21. The van der Waals surface area contributed by atoms with Crippen LogP contribution < -0.4 is 5.73 Å². The van der Waals surface area contributed by atoms with Gasteiger partial charge in [-0.25, -0.2) is 4.98 Å². The van der Waals surface area contributed by atoms with E-state index in [2.05, 4.69) is 4.98 Å². The molecule has 0 spiro atoms. The van der Waals surface area contributed by atoms with E-state index >= 15 is 0 Å². The Morgan fingerprint density at radius 3 is 3.06 bits per heavy atom. The largest absolute Gasteiger partial charge is 0.335 e. The molecule has 1 fully saturated rings. The van der Waals surface area contributed by atoms with Crippen LogP contribution in [-0.2, 0) is 4.79 Å². The molecule has 1 saturated heterocycles. The first-order valence-electron chi connectivity index (χ1n) is 5.22. The molecular formula is C10H14ClN3OS. The predicted octanol–water partition coefficient (Wildman–Crippen LogP) is 1.81. The monoisotopic (exact) mass is 259 g/mol. The number of nitrogens with two attached hydrogens (primary N) is 1. The van der Waals surface area contributed by atoms with Gasteiger partial charge in [-0.1, -0.05) is 11.6 Å². The molecule has 16 heavy (non-hydrogen) atoms. The Labute approximate surface area is 103 Å². The van der Waals surface area contributed by atoms with Gasteiger partial charge in [-0.05, 0) is 12.8 Å². The van der Waals surface area contributed by atoms with Crippen LogP contribution in [0.5, 0.6) is 0 Å². The molecule has 0 aromatic carbocycles. The molecule has 0 saturated carbocycles. The van der Waals surface area contributed by atoms with Gasteiger partial charge in [-0.2, -0.15) is 0 Å². The highest BCUT2D eigenvalue weighted by molar-refractivity contribution is 7.15. The van der Waals surface area contributed by atoms with Crippen molar-refractivity contribution in [1.82, 2.24) is 9.88 Å². The van der Waals surface area contributed by atoms with Gasteiger partial charge in [-0.3, -0.25) is 4.79 Å². The van der Waals surface area contributed by atoms with E-state index in [0.29, 0.717) is 10.8 Å². The van der Waals surface area contributed by atoms with Crippen molar-refractivity contribution in [2.24, 2.45) is 5.73 Å². The Morgan fingerprint density at radius 1 is 1.69 bits per heavy atom. The Morgan fingerprint density at radius 2 is 2.44 bits per heavy atom. The number of nitrogens with zero attached hydrogens (tertiary/aromatic N) is 2. The van der Waals surface area contributed by atoms with Crippen molar-refractivity contribution in [2.45, 2.75) is 31.3 Å². The molecule has 0 bridgehead atoms. The lowest BCUT2D eigenvalue weighted by atomic mass is 10.1. The van der Waals surface area contributed by atoms with Gasteiger partial charge in [0, 0.05) is 19.5 Å². The molecule has 1 aromatic rings. The fraction of sp³-hybridized carbons (Fsp3) is 0.600. The van der Waals surface area contributed by atoms with Crippen molar-refractivity contribution in [2.75, 3.05) is 7.05 Å². The van der Waals surface area contributed by atoms with E-state index in [0.717, 1.165) is 17.8 Å². The van der Waals surface area contributed by atoms with Gasteiger partial charge in [0.25, 0.3) is 0 Å². The van der Waals surface area contributed by atoms with Gasteiger partial charge in [0.15, 0.2) is 0 Å². The zero-order valence-corrected chi connectivity index (χ0v) is 10.6. The summed E-state index contributed by atoms with van der Waals surface area (Å²) in [6, 6.07) is -0.189. The third-order valence-electron chi connectivity index (χ3n) is 2.89. The number of thiazole rings is 1. The minimum Gasteiger partial charge on any atom is -0.335 e. The first kappa shape index (κ1) is 11.8. The Balaban J connectivity index is 2.31. The van der Waals surface area contributed by atoms with Crippen molar-refractivity contribution < 1.29 is 4.79 Å². The molecule has 1 aliphatic heterocycles. The van der Waals surface area contributed by atoms with E-state index in [1.165, 1.54) is 11.3 Å². The molecule has 88 valence electrons. The maximum atomic E-state index is 11.8. The molecule has 1 amide bonds. The second-order valence-corrected chi connectivity index (χ2v) is 5.70. The van der Waals surface area contributed by atoms with Gasteiger partial charge < -0.3 is 10.6 Å². The second-order valence-electron chi connectivity index (χ2n) is 4.01. The lowest BCUT2D eigenvalue weighted by Crippen LogP contribution is -2.39. The third-order valence-corrected chi connectivity index (χ3v) is 4.08. The number of rotatable bonds is 1. The lowest BCUT2D eigenvalue weighted by Gasteiger charge is -2.28. The lowest BCUT2D eigenvalue weighted by molar-refractivity contribution is -0.131. The molecule has 2 unspecified atom stereocenters. The van der Waals surface area contributed by atoms with E-state index in [9.17, 15) is 4.79 Å². The van der Waals surface area contributed by atoms with Crippen molar-refractivity contribution in [3.05, 3.63) is 15.5 Å². The van der Waals surface area contributed by atoms with Crippen LogP contribution in [0.15, 0.2) is 6.20 Å². The summed E-state index contributed by atoms with van der Waals surface area (Å²) in [7, 11) is 1.79. The minimum atomic E-state index is -0.132. The van der Waals surface area contributed by atoms with Gasteiger partial charge >= 0.3 is 0 Å². The summed E-state index contributed by atoms with van der Waals surface area (Å²) in [5.74, 6) is 0.129. The summed E-state index contributed by atoms with van der Waals surface area (Å²) in [4.78, 5) is 17.7. The van der Waals surface area contributed by atoms with E-state index in [1.807, 2.05) is 0 Å². The highest BCUT2D eigenvalue weighted by atomic mass is 35.5. The summed E-state index contributed by atoms with van der Waals surface area (Å²) < 4.78 is 0.632. The summed E-state index contributed by atoms with van der Waals surface area (Å²) in [6.45, 7) is 0. The van der Waals surface area contributed by atoms with Crippen LogP contribution in [0.2, 0.25) is 4.34 Å².